The lowest BCUT2D eigenvalue weighted by Gasteiger charge is -2.14. The number of benzene rings is 2. The zero-order chi connectivity index (χ0) is 14.4. The van der Waals surface area contributed by atoms with Crippen molar-refractivity contribution in [1.82, 2.24) is 5.32 Å². The van der Waals surface area contributed by atoms with Crippen molar-refractivity contribution in [2.45, 2.75) is 12.6 Å². The van der Waals surface area contributed by atoms with Gasteiger partial charge in [0.15, 0.2) is 0 Å². The molecule has 0 spiro atoms. The van der Waals surface area contributed by atoms with E-state index in [0.29, 0.717) is 6.54 Å². The number of aliphatic hydroxyl groups is 1. The van der Waals surface area contributed by atoms with Crippen molar-refractivity contribution in [3.8, 4) is 0 Å². The highest BCUT2D eigenvalue weighted by Crippen LogP contribution is 2.13. The molecule has 2 rings (SSSR count). The number of hydrogen-bond donors (Lipinski definition) is 2. The normalized spacial score (nSPS) is 11.6. The minimum atomic E-state index is -0.461. The minimum Gasteiger partial charge on any atom is -0.387 e. The van der Waals surface area contributed by atoms with Gasteiger partial charge in [-0.1, -0.05) is 42.5 Å². The molecule has 4 heteroatoms. The zero-order valence-corrected chi connectivity index (χ0v) is 13.3. The topological polar surface area (TPSA) is 35.5 Å². The van der Waals surface area contributed by atoms with Crippen LogP contribution in [0.3, 0.4) is 0 Å². The van der Waals surface area contributed by atoms with E-state index in [4.69, 9.17) is 0 Å². The van der Waals surface area contributed by atoms with E-state index >= 15 is 0 Å². The minimum absolute atomic E-state index is 0. The van der Waals surface area contributed by atoms with Gasteiger partial charge in [-0.15, -0.1) is 12.4 Å². The van der Waals surface area contributed by atoms with E-state index in [0.717, 1.165) is 12.1 Å². The fraction of sp³-hybridized carbons (Fsp3) is 0.294. The Morgan fingerprint density at radius 1 is 1.00 bits per heavy atom. The Morgan fingerprint density at radius 3 is 2.19 bits per heavy atom. The summed E-state index contributed by atoms with van der Waals surface area (Å²) >= 11 is 0. The average molecular weight is 307 g/mol. The first kappa shape index (κ1) is 17.5. The summed E-state index contributed by atoms with van der Waals surface area (Å²) in [6.07, 6.45) is -0.461. The van der Waals surface area contributed by atoms with Gasteiger partial charge in [-0.05, 0) is 23.3 Å². The van der Waals surface area contributed by atoms with E-state index in [1.807, 2.05) is 44.4 Å². The molecule has 0 aliphatic heterocycles. The third kappa shape index (κ3) is 5.38. The van der Waals surface area contributed by atoms with Gasteiger partial charge in [-0.2, -0.15) is 0 Å². The number of rotatable bonds is 6. The fourth-order valence-corrected chi connectivity index (χ4v) is 2.06. The molecule has 0 heterocycles. The molecule has 0 saturated heterocycles. The van der Waals surface area contributed by atoms with Crippen LogP contribution in [0.2, 0.25) is 0 Å². The maximum atomic E-state index is 10.0. The summed E-state index contributed by atoms with van der Waals surface area (Å²) in [4.78, 5) is 2.08. The van der Waals surface area contributed by atoms with E-state index in [1.165, 1.54) is 11.3 Å². The summed E-state index contributed by atoms with van der Waals surface area (Å²) in [6, 6.07) is 18.1. The summed E-state index contributed by atoms with van der Waals surface area (Å²) in [5.74, 6) is 0. The Hall–Kier alpha value is -1.55. The Balaban J connectivity index is 0.00000220. The van der Waals surface area contributed by atoms with Gasteiger partial charge in [-0.25, -0.2) is 0 Å². The van der Waals surface area contributed by atoms with Gasteiger partial charge in [-0.3, -0.25) is 0 Å². The van der Waals surface area contributed by atoms with Crippen LogP contribution in [0.15, 0.2) is 54.6 Å². The van der Waals surface area contributed by atoms with E-state index in [1.54, 1.807) is 0 Å². The number of nitrogens with zero attached hydrogens (tertiary/aromatic N) is 1. The summed E-state index contributed by atoms with van der Waals surface area (Å²) in [7, 11) is 4.06. The molecule has 2 N–H and O–H groups in total. The molecule has 2 aromatic carbocycles. The van der Waals surface area contributed by atoms with Crippen molar-refractivity contribution in [2.24, 2.45) is 0 Å². The predicted octanol–water partition coefficient (Wildman–Crippen LogP) is 3.00. The van der Waals surface area contributed by atoms with Crippen LogP contribution < -0.4 is 10.2 Å². The van der Waals surface area contributed by atoms with Crippen LogP contribution in [0.5, 0.6) is 0 Å². The van der Waals surface area contributed by atoms with Crippen LogP contribution in [0.4, 0.5) is 5.69 Å². The molecule has 0 amide bonds. The first-order valence-electron chi connectivity index (χ1n) is 6.87. The molecule has 0 aliphatic rings. The number of halogens is 1. The average Bonchev–Trinajstić information content (AvgIpc) is 2.48. The highest BCUT2D eigenvalue weighted by atomic mass is 35.5. The van der Waals surface area contributed by atoms with Gasteiger partial charge in [0.25, 0.3) is 0 Å². The largest absolute Gasteiger partial charge is 0.387 e. The maximum absolute atomic E-state index is 10.0. The smallest absolute Gasteiger partial charge is 0.0914 e. The van der Waals surface area contributed by atoms with Crippen LogP contribution >= 0.6 is 12.4 Å². The third-order valence-electron chi connectivity index (χ3n) is 3.30. The van der Waals surface area contributed by atoms with Gasteiger partial charge in [0.2, 0.25) is 0 Å². The molecule has 0 fully saturated rings. The van der Waals surface area contributed by atoms with Crippen LogP contribution in [0.25, 0.3) is 0 Å². The summed E-state index contributed by atoms with van der Waals surface area (Å²) in [5.41, 5.74) is 3.36. The number of anilines is 1. The first-order chi connectivity index (χ1) is 9.66. The van der Waals surface area contributed by atoms with E-state index < -0.39 is 6.10 Å². The quantitative estimate of drug-likeness (QED) is 0.861. The highest BCUT2D eigenvalue weighted by molar-refractivity contribution is 5.85. The Bertz CT molecular complexity index is 514. The standard InChI is InChI=1S/C17H22N2O.ClH/c1-19(2)16-10-8-14(9-11-16)12-18-13-17(20)15-6-4-3-5-7-15;/h3-11,17-18,20H,12-13H2,1-2H3;1H. The molecule has 0 aliphatic carbocycles. The monoisotopic (exact) mass is 306 g/mol. The van der Waals surface area contributed by atoms with Crippen molar-refractivity contribution in [3.63, 3.8) is 0 Å². The van der Waals surface area contributed by atoms with Crippen molar-refractivity contribution in [2.75, 3.05) is 25.5 Å². The van der Waals surface area contributed by atoms with Gasteiger partial charge in [0, 0.05) is 32.9 Å². The van der Waals surface area contributed by atoms with Crippen molar-refractivity contribution >= 4 is 18.1 Å². The lowest BCUT2D eigenvalue weighted by Crippen LogP contribution is -2.21. The van der Waals surface area contributed by atoms with Crippen molar-refractivity contribution in [1.29, 1.82) is 0 Å². The van der Waals surface area contributed by atoms with Crippen LogP contribution in [-0.2, 0) is 6.54 Å². The first-order valence-corrected chi connectivity index (χ1v) is 6.87. The van der Waals surface area contributed by atoms with Gasteiger partial charge < -0.3 is 15.3 Å². The Kier molecular flexibility index (Phi) is 7.23. The maximum Gasteiger partial charge on any atom is 0.0914 e. The predicted molar refractivity (Wildman–Crippen MR) is 91.1 cm³/mol. The van der Waals surface area contributed by atoms with Crippen LogP contribution in [-0.4, -0.2) is 25.7 Å². The SMILES string of the molecule is CN(C)c1ccc(CNCC(O)c2ccccc2)cc1.Cl. The molecule has 3 nitrogen and oxygen atoms in total. The van der Waals surface area contributed by atoms with Gasteiger partial charge >= 0.3 is 0 Å². The number of hydrogen-bond acceptors (Lipinski definition) is 3. The molecule has 114 valence electrons. The Morgan fingerprint density at radius 2 is 1.62 bits per heavy atom. The highest BCUT2D eigenvalue weighted by Gasteiger charge is 2.05. The summed E-state index contributed by atoms with van der Waals surface area (Å²) in [5, 5.41) is 13.3. The van der Waals surface area contributed by atoms with E-state index in [-0.39, 0.29) is 12.4 Å². The fourth-order valence-electron chi connectivity index (χ4n) is 2.06. The third-order valence-corrected chi connectivity index (χ3v) is 3.30. The van der Waals surface area contributed by atoms with Crippen molar-refractivity contribution in [3.05, 3.63) is 65.7 Å². The second kappa shape index (κ2) is 8.67. The van der Waals surface area contributed by atoms with Crippen LogP contribution in [0, 0.1) is 0 Å². The number of aliphatic hydroxyl groups excluding tert-OH is 1. The zero-order valence-electron chi connectivity index (χ0n) is 12.5. The molecule has 0 bridgehead atoms. The molecule has 21 heavy (non-hydrogen) atoms. The van der Waals surface area contributed by atoms with Crippen LogP contribution in [0.1, 0.15) is 17.2 Å². The lowest BCUT2D eigenvalue weighted by atomic mass is 10.1. The Labute approximate surface area is 133 Å². The molecule has 0 saturated carbocycles. The molecular formula is C17H23ClN2O. The molecule has 1 unspecified atom stereocenters. The molecule has 0 radical (unpaired) electrons. The second-order valence-electron chi connectivity index (χ2n) is 5.12. The summed E-state index contributed by atoms with van der Waals surface area (Å²) < 4.78 is 0. The van der Waals surface area contributed by atoms with E-state index in [2.05, 4.69) is 34.5 Å². The molecule has 2 aromatic rings. The second-order valence-corrected chi connectivity index (χ2v) is 5.12. The molecule has 1 atom stereocenters. The van der Waals surface area contributed by atoms with E-state index in [9.17, 15) is 5.11 Å². The molecular weight excluding hydrogens is 284 g/mol. The molecule has 0 aromatic heterocycles. The van der Waals surface area contributed by atoms with Gasteiger partial charge in [0.1, 0.15) is 0 Å². The van der Waals surface area contributed by atoms with Crippen molar-refractivity contribution < 1.29 is 5.11 Å². The summed E-state index contributed by atoms with van der Waals surface area (Å²) in [6.45, 7) is 1.32. The number of nitrogens with one attached hydrogen (secondary N) is 1. The lowest BCUT2D eigenvalue weighted by molar-refractivity contribution is 0.174. The van der Waals surface area contributed by atoms with Gasteiger partial charge in [0.05, 0.1) is 6.10 Å².